The summed E-state index contributed by atoms with van der Waals surface area (Å²) in [4.78, 5) is 40.1. The van der Waals surface area contributed by atoms with Crippen LogP contribution in [0.4, 0.5) is 5.69 Å². The summed E-state index contributed by atoms with van der Waals surface area (Å²) >= 11 is 2.72. The molecule has 27 heavy (non-hydrogen) atoms. The minimum Gasteiger partial charge on any atom is -0.482 e. The van der Waals surface area contributed by atoms with E-state index in [1.165, 1.54) is 23.1 Å². The first-order valence-electron chi connectivity index (χ1n) is 8.34. The molecule has 0 saturated heterocycles. The van der Waals surface area contributed by atoms with Crippen molar-refractivity contribution < 1.29 is 23.9 Å². The monoisotopic (exact) mass is 406 g/mol. The van der Waals surface area contributed by atoms with Crippen LogP contribution in [0.3, 0.4) is 0 Å². The number of ketones is 1. The summed E-state index contributed by atoms with van der Waals surface area (Å²) in [6.07, 6.45) is 0.123. The molecular formula is C18H18N2O5S2. The van der Waals surface area contributed by atoms with Crippen molar-refractivity contribution in [1.82, 2.24) is 4.98 Å². The smallest absolute Gasteiger partial charge is 0.311 e. The first kappa shape index (κ1) is 19.4. The topological polar surface area (TPSA) is 94.6 Å². The fourth-order valence-corrected chi connectivity index (χ4v) is 4.52. The van der Waals surface area contributed by atoms with Gasteiger partial charge in [-0.05, 0) is 32.0 Å². The summed E-state index contributed by atoms with van der Waals surface area (Å²) < 4.78 is 10.9. The maximum atomic E-state index is 12.7. The molecule has 0 saturated carbocycles. The standard InChI is InChI=1S/C18H18N2O5S2/c1-3-24-16(22)7-12-9-26-18(19-12)27-10(2)17(23)11-4-5-14-13(6-11)20-15(21)8-25-14/h4-6,9-10H,3,7-8H2,1-2H3,(H,20,21). The Balaban J connectivity index is 1.64. The Bertz CT molecular complexity index is 880. The Hall–Kier alpha value is -2.39. The number of carbonyl (C=O) groups is 3. The number of nitrogens with one attached hydrogen (secondary N) is 1. The van der Waals surface area contributed by atoms with E-state index in [2.05, 4.69) is 10.3 Å². The molecule has 0 bridgehead atoms. The van der Waals surface area contributed by atoms with Crippen LogP contribution >= 0.6 is 23.1 Å². The SMILES string of the molecule is CCOC(=O)Cc1csc(SC(C)C(=O)c2ccc3c(c2)NC(=O)CO3)n1. The molecule has 1 aromatic carbocycles. The molecule has 1 atom stereocenters. The highest BCUT2D eigenvalue weighted by atomic mass is 32.2. The van der Waals surface area contributed by atoms with Crippen LogP contribution in [-0.2, 0) is 20.7 Å². The predicted octanol–water partition coefficient (Wildman–Crippen LogP) is 2.94. The lowest BCUT2D eigenvalue weighted by Gasteiger charge is -2.18. The molecule has 3 rings (SSSR count). The maximum Gasteiger partial charge on any atom is 0.311 e. The Morgan fingerprint density at radius 3 is 3.04 bits per heavy atom. The Morgan fingerprint density at radius 1 is 1.44 bits per heavy atom. The van der Waals surface area contributed by atoms with Crippen molar-refractivity contribution in [1.29, 1.82) is 0 Å². The molecule has 7 nitrogen and oxygen atoms in total. The van der Waals surface area contributed by atoms with Crippen LogP contribution in [-0.4, -0.2) is 41.1 Å². The van der Waals surface area contributed by atoms with Crippen LogP contribution in [0.5, 0.6) is 5.75 Å². The van der Waals surface area contributed by atoms with Crippen LogP contribution in [0.25, 0.3) is 0 Å². The summed E-state index contributed by atoms with van der Waals surface area (Å²) in [5.41, 5.74) is 1.62. The number of aromatic nitrogens is 1. The number of fused-ring (bicyclic) bond motifs is 1. The lowest BCUT2D eigenvalue weighted by atomic mass is 10.1. The first-order chi connectivity index (χ1) is 13.0. The minimum absolute atomic E-state index is 0.0231. The van der Waals surface area contributed by atoms with Gasteiger partial charge in [-0.2, -0.15) is 0 Å². The average molecular weight is 406 g/mol. The molecule has 1 aliphatic rings. The van der Waals surface area contributed by atoms with Gasteiger partial charge in [-0.1, -0.05) is 11.8 Å². The average Bonchev–Trinajstić information content (AvgIpc) is 3.07. The predicted molar refractivity (Wildman–Crippen MR) is 103 cm³/mol. The second-order valence-electron chi connectivity index (χ2n) is 5.76. The molecule has 142 valence electrons. The zero-order valence-electron chi connectivity index (χ0n) is 14.8. The fraction of sp³-hybridized carbons (Fsp3) is 0.333. The molecule has 1 aromatic heterocycles. The number of thiazole rings is 1. The minimum atomic E-state index is -0.371. The maximum absolute atomic E-state index is 12.7. The number of amides is 1. The van der Waals surface area contributed by atoms with Gasteiger partial charge in [-0.3, -0.25) is 14.4 Å². The van der Waals surface area contributed by atoms with Crippen LogP contribution < -0.4 is 10.1 Å². The number of hydrogen-bond acceptors (Lipinski definition) is 8. The van der Waals surface area contributed by atoms with Crippen molar-refractivity contribution in [3.05, 3.63) is 34.8 Å². The first-order valence-corrected chi connectivity index (χ1v) is 10.1. The van der Waals surface area contributed by atoms with Gasteiger partial charge in [0.2, 0.25) is 0 Å². The number of benzene rings is 1. The lowest BCUT2D eigenvalue weighted by Crippen LogP contribution is -2.25. The summed E-state index contributed by atoms with van der Waals surface area (Å²) in [5.74, 6) is -0.0898. The molecule has 0 spiro atoms. The number of ether oxygens (including phenoxy) is 2. The Labute approximate surface area is 164 Å². The normalized spacial score (nSPS) is 13.9. The molecule has 1 aliphatic heterocycles. The number of esters is 1. The molecule has 1 unspecified atom stereocenters. The van der Waals surface area contributed by atoms with Gasteiger partial charge >= 0.3 is 5.97 Å². The van der Waals surface area contributed by atoms with Crippen molar-refractivity contribution in [2.75, 3.05) is 18.5 Å². The molecule has 1 N–H and O–H groups in total. The zero-order chi connectivity index (χ0) is 19.4. The number of anilines is 1. The summed E-state index contributed by atoms with van der Waals surface area (Å²) in [7, 11) is 0. The van der Waals surface area contributed by atoms with Gasteiger partial charge in [0.15, 0.2) is 16.7 Å². The number of nitrogens with zero attached hydrogens (tertiary/aromatic N) is 1. The van der Waals surface area contributed by atoms with Crippen molar-refractivity contribution in [3.8, 4) is 5.75 Å². The van der Waals surface area contributed by atoms with Crippen molar-refractivity contribution in [2.45, 2.75) is 29.9 Å². The van der Waals surface area contributed by atoms with Gasteiger partial charge in [0, 0.05) is 10.9 Å². The van der Waals surface area contributed by atoms with Gasteiger partial charge in [-0.15, -0.1) is 11.3 Å². The molecule has 9 heteroatoms. The third-order valence-electron chi connectivity index (χ3n) is 3.71. The van der Waals surface area contributed by atoms with Crippen LogP contribution in [0.1, 0.15) is 29.9 Å². The van der Waals surface area contributed by atoms with E-state index in [9.17, 15) is 14.4 Å². The van der Waals surface area contributed by atoms with Crippen molar-refractivity contribution in [2.24, 2.45) is 0 Å². The highest BCUT2D eigenvalue weighted by Gasteiger charge is 2.22. The van der Waals surface area contributed by atoms with E-state index in [1.807, 2.05) is 0 Å². The largest absolute Gasteiger partial charge is 0.482 e. The van der Waals surface area contributed by atoms with E-state index in [4.69, 9.17) is 9.47 Å². The second-order valence-corrected chi connectivity index (χ2v) is 8.20. The van der Waals surface area contributed by atoms with Crippen molar-refractivity contribution >= 4 is 46.4 Å². The number of Topliss-reactive ketones (excluding diaryl/α,β-unsaturated/α-hetero) is 1. The lowest BCUT2D eigenvalue weighted by molar-refractivity contribution is -0.142. The molecule has 0 aliphatic carbocycles. The second kappa shape index (κ2) is 8.53. The summed E-state index contributed by atoms with van der Waals surface area (Å²) in [5, 5.41) is 4.12. The molecule has 1 amide bonds. The number of hydrogen-bond donors (Lipinski definition) is 1. The van der Waals surface area contributed by atoms with E-state index in [-0.39, 0.29) is 35.9 Å². The summed E-state index contributed by atoms with van der Waals surface area (Å²) in [6.45, 7) is 3.87. The van der Waals surface area contributed by atoms with Crippen LogP contribution in [0.15, 0.2) is 27.9 Å². The number of rotatable bonds is 7. The highest BCUT2D eigenvalue weighted by molar-refractivity contribution is 8.02. The number of carbonyl (C=O) groups excluding carboxylic acids is 3. The molecule has 2 heterocycles. The van der Waals surface area contributed by atoms with Crippen molar-refractivity contribution in [3.63, 3.8) is 0 Å². The van der Waals surface area contributed by atoms with E-state index < -0.39 is 0 Å². The van der Waals surface area contributed by atoms with Gasteiger partial charge in [0.05, 0.1) is 29.7 Å². The Kier molecular flexibility index (Phi) is 6.12. The zero-order valence-corrected chi connectivity index (χ0v) is 16.4. The molecule has 0 fully saturated rings. The molecule has 2 aromatic rings. The summed E-state index contributed by atoms with van der Waals surface area (Å²) in [6, 6.07) is 4.99. The quantitative estimate of drug-likeness (QED) is 0.429. The van der Waals surface area contributed by atoms with Gasteiger partial charge in [0.1, 0.15) is 5.75 Å². The van der Waals surface area contributed by atoms with Gasteiger partial charge in [-0.25, -0.2) is 4.98 Å². The third kappa shape index (κ3) is 4.86. The van der Waals surface area contributed by atoms with Crippen LogP contribution in [0, 0.1) is 0 Å². The number of thioether (sulfide) groups is 1. The van der Waals surface area contributed by atoms with E-state index in [0.717, 1.165) is 0 Å². The molecule has 0 radical (unpaired) electrons. The molecular weight excluding hydrogens is 388 g/mol. The van der Waals surface area contributed by atoms with Crippen LogP contribution in [0.2, 0.25) is 0 Å². The van der Waals surface area contributed by atoms with Gasteiger partial charge < -0.3 is 14.8 Å². The fourth-order valence-electron chi connectivity index (χ4n) is 2.46. The van der Waals surface area contributed by atoms with E-state index in [0.29, 0.717) is 33.6 Å². The van der Waals surface area contributed by atoms with Gasteiger partial charge in [0.25, 0.3) is 5.91 Å². The Morgan fingerprint density at radius 2 is 2.26 bits per heavy atom. The third-order valence-corrected chi connectivity index (χ3v) is 5.83. The highest BCUT2D eigenvalue weighted by Crippen LogP contribution is 2.32. The van der Waals surface area contributed by atoms with E-state index in [1.54, 1.807) is 37.4 Å². The van der Waals surface area contributed by atoms with E-state index >= 15 is 0 Å².